The molecule has 2 fully saturated rings. The van der Waals surface area contributed by atoms with Crippen LogP contribution in [-0.2, 0) is 14.6 Å². The second kappa shape index (κ2) is 5.94. The topological polar surface area (TPSA) is 99.3 Å². The molecule has 3 heterocycles. The molecule has 140 valence electrons. The maximum absolute atomic E-state index is 12.1. The normalized spacial score (nSPS) is 19.4. The Morgan fingerprint density at radius 1 is 1.38 bits per heavy atom. The van der Waals surface area contributed by atoms with E-state index in [0.29, 0.717) is 6.04 Å². The van der Waals surface area contributed by atoms with Crippen LogP contribution in [0.3, 0.4) is 0 Å². The van der Waals surface area contributed by atoms with Crippen LogP contribution in [0.25, 0.3) is 11.0 Å². The molecule has 0 atom stereocenters. The lowest BCUT2D eigenvalue weighted by molar-refractivity contribution is -0.150. The first kappa shape index (κ1) is 17.3. The molecule has 1 amide bonds. The molecule has 2 aromatic heterocycles. The van der Waals surface area contributed by atoms with Gasteiger partial charge in [0.1, 0.15) is 27.6 Å². The smallest absolute Gasteiger partial charge is 0.223 e. The Morgan fingerprint density at radius 2 is 2.12 bits per heavy atom. The van der Waals surface area contributed by atoms with Crippen molar-refractivity contribution >= 4 is 32.6 Å². The second-order valence-corrected chi connectivity index (χ2v) is 10.00. The van der Waals surface area contributed by atoms with Crippen molar-refractivity contribution in [1.82, 2.24) is 19.9 Å². The Hall–Kier alpha value is -2.16. The number of aromatic nitrogens is 3. The van der Waals surface area contributed by atoms with Crippen LogP contribution in [0.4, 0.5) is 5.82 Å². The van der Waals surface area contributed by atoms with E-state index >= 15 is 0 Å². The zero-order chi connectivity index (χ0) is 18.5. The average molecular weight is 377 g/mol. The molecule has 0 aromatic carbocycles. The number of nitrogens with zero attached hydrogens (tertiary/aromatic N) is 4. The second-order valence-electron chi connectivity index (χ2n) is 7.74. The standard InChI is InChI=1S/C17H23N5O3S/c1-21(16-13-3-5-18-15(13)19-11-20-16)12-7-17(8-12)9-22(10-17)14(23)4-6-26(2,24)25/h3,5,11-12H,4,6-10H2,1-2H3,(H,18,19,20). The van der Waals surface area contributed by atoms with E-state index in [2.05, 4.69) is 26.9 Å². The molecule has 4 rings (SSSR count). The van der Waals surface area contributed by atoms with E-state index in [1.807, 2.05) is 12.3 Å². The minimum atomic E-state index is -3.09. The van der Waals surface area contributed by atoms with Gasteiger partial charge in [0.05, 0.1) is 11.1 Å². The maximum Gasteiger partial charge on any atom is 0.223 e. The summed E-state index contributed by atoms with van der Waals surface area (Å²) < 4.78 is 22.4. The van der Waals surface area contributed by atoms with E-state index in [1.165, 1.54) is 6.26 Å². The third-order valence-corrected chi connectivity index (χ3v) is 6.59. The summed E-state index contributed by atoms with van der Waals surface area (Å²) in [6.45, 7) is 1.48. The summed E-state index contributed by atoms with van der Waals surface area (Å²) in [6.07, 6.45) is 6.74. The Kier molecular flexibility index (Phi) is 3.94. The van der Waals surface area contributed by atoms with Crippen LogP contribution in [-0.4, -0.2) is 72.4 Å². The van der Waals surface area contributed by atoms with E-state index in [4.69, 9.17) is 0 Å². The number of sulfone groups is 1. The van der Waals surface area contributed by atoms with Crippen LogP contribution in [0.5, 0.6) is 0 Å². The van der Waals surface area contributed by atoms with Crippen molar-refractivity contribution in [2.75, 3.05) is 37.0 Å². The predicted molar refractivity (Wildman–Crippen MR) is 98.7 cm³/mol. The molecule has 0 unspecified atom stereocenters. The summed E-state index contributed by atoms with van der Waals surface area (Å²) in [7, 11) is -1.03. The van der Waals surface area contributed by atoms with Crippen molar-refractivity contribution < 1.29 is 13.2 Å². The first-order chi connectivity index (χ1) is 12.3. The Labute approximate surface area is 152 Å². The van der Waals surface area contributed by atoms with Gasteiger partial charge in [0, 0.05) is 50.5 Å². The molecule has 26 heavy (non-hydrogen) atoms. The van der Waals surface area contributed by atoms with Crippen molar-refractivity contribution in [3.8, 4) is 0 Å². The molecular weight excluding hydrogens is 354 g/mol. The molecule has 1 spiro atoms. The van der Waals surface area contributed by atoms with Gasteiger partial charge in [-0.15, -0.1) is 0 Å². The van der Waals surface area contributed by atoms with Gasteiger partial charge in [-0.05, 0) is 18.9 Å². The van der Waals surface area contributed by atoms with Crippen molar-refractivity contribution in [2.45, 2.75) is 25.3 Å². The van der Waals surface area contributed by atoms with Gasteiger partial charge in [0.15, 0.2) is 0 Å². The molecule has 1 saturated carbocycles. The van der Waals surface area contributed by atoms with Crippen molar-refractivity contribution in [1.29, 1.82) is 0 Å². The first-order valence-corrected chi connectivity index (χ1v) is 10.8. The Morgan fingerprint density at radius 3 is 2.81 bits per heavy atom. The summed E-state index contributed by atoms with van der Waals surface area (Å²) in [6, 6.07) is 2.39. The zero-order valence-corrected chi connectivity index (χ0v) is 15.8. The highest BCUT2D eigenvalue weighted by Crippen LogP contribution is 2.50. The van der Waals surface area contributed by atoms with Gasteiger partial charge in [-0.3, -0.25) is 4.79 Å². The van der Waals surface area contributed by atoms with E-state index in [1.54, 1.807) is 11.2 Å². The molecule has 1 aliphatic carbocycles. The number of nitrogens with one attached hydrogen (secondary N) is 1. The van der Waals surface area contributed by atoms with Gasteiger partial charge in [-0.25, -0.2) is 18.4 Å². The lowest BCUT2D eigenvalue weighted by Gasteiger charge is -2.60. The first-order valence-electron chi connectivity index (χ1n) is 8.73. The number of rotatable bonds is 5. The third kappa shape index (κ3) is 3.04. The highest BCUT2D eigenvalue weighted by Gasteiger charge is 2.54. The molecule has 0 bridgehead atoms. The summed E-state index contributed by atoms with van der Waals surface area (Å²) in [5, 5.41) is 1.02. The number of carbonyl (C=O) groups excluding carboxylic acids is 1. The number of fused-ring (bicyclic) bond motifs is 1. The van der Waals surface area contributed by atoms with Gasteiger partial charge >= 0.3 is 0 Å². The van der Waals surface area contributed by atoms with E-state index in [-0.39, 0.29) is 23.5 Å². The van der Waals surface area contributed by atoms with Crippen LogP contribution in [0.2, 0.25) is 0 Å². The molecule has 2 aromatic rings. The highest BCUT2D eigenvalue weighted by molar-refractivity contribution is 7.90. The maximum atomic E-state index is 12.1. The van der Waals surface area contributed by atoms with Crippen LogP contribution in [0.15, 0.2) is 18.6 Å². The van der Waals surface area contributed by atoms with E-state index < -0.39 is 9.84 Å². The monoisotopic (exact) mass is 377 g/mol. The van der Waals surface area contributed by atoms with Gasteiger partial charge < -0.3 is 14.8 Å². The molecule has 8 nitrogen and oxygen atoms in total. The number of aromatic amines is 1. The van der Waals surface area contributed by atoms with E-state index in [9.17, 15) is 13.2 Å². The van der Waals surface area contributed by atoms with Crippen LogP contribution >= 0.6 is 0 Å². The minimum Gasteiger partial charge on any atom is -0.356 e. The summed E-state index contributed by atoms with van der Waals surface area (Å²) in [5.74, 6) is 0.806. The number of anilines is 1. The van der Waals surface area contributed by atoms with Gasteiger partial charge in [0.2, 0.25) is 5.91 Å². The van der Waals surface area contributed by atoms with Gasteiger partial charge in [-0.1, -0.05) is 0 Å². The minimum absolute atomic E-state index is 0.0531. The number of likely N-dealkylation sites (tertiary alicyclic amines) is 1. The number of amides is 1. The number of carbonyl (C=O) groups is 1. The molecule has 9 heteroatoms. The fraction of sp³-hybridized carbons (Fsp3) is 0.588. The summed E-state index contributed by atoms with van der Waals surface area (Å²) in [4.78, 5) is 27.8. The highest BCUT2D eigenvalue weighted by atomic mass is 32.2. The molecule has 2 aliphatic rings. The number of H-pyrrole nitrogens is 1. The molecule has 1 aliphatic heterocycles. The Balaban J connectivity index is 1.32. The zero-order valence-electron chi connectivity index (χ0n) is 15.0. The molecular formula is C17H23N5O3S. The fourth-order valence-corrected chi connectivity index (χ4v) is 4.70. The van der Waals surface area contributed by atoms with Crippen molar-refractivity contribution in [2.24, 2.45) is 5.41 Å². The van der Waals surface area contributed by atoms with Crippen molar-refractivity contribution in [3.05, 3.63) is 18.6 Å². The average Bonchev–Trinajstić information content (AvgIpc) is 2.97. The molecule has 1 saturated heterocycles. The number of hydrogen-bond donors (Lipinski definition) is 1. The van der Waals surface area contributed by atoms with Crippen LogP contribution in [0, 0.1) is 5.41 Å². The summed E-state index contributed by atoms with van der Waals surface area (Å²) >= 11 is 0. The van der Waals surface area contributed by atoms with Gasteiger partial charge in [0.25, 0.3) is 0 Å². The van der Waals surface area contributed by atoms with Crippen molar-refractivity contribution in [3.63, 3.8) is 0 Å². The SMILES string of the molecule is CN(c1ncnc2[nH]ccc12)C1CC2(C1)CN(C(=O)CCS(C)(=O)=O)C2. The predicted octanol–water partition coefficient (Wildman–Crippen LogP) is 0.820. The fourth-order valence-electron chi connectivity index (χ4n) is 4.16. The van der Waals surface area contributed by atoms with Crippen LogP contribution < -0.4 is 4.90 Å². The molecule has 1 N–H and O–H groups in total. The summed E-state index contributed by atoms with van der Waals surface area (Å²) in [5.41, 5.74) is 1.03. The largest absolute Gasteiger partial charge is 0.356 e. The van der Waals surface area contributed by atoms with E-state index in [0.717, 1.165) is 42.8 Å². The van der Waals surface area contributed by atoms with Crippen LogP contribution in [0.1, 0.15) is 19.3 Å². The third-order valence-electron chi connectivity index (χ3n) is 5.64. The lowest BCUT2D eigenvalue weighted by Crippen LogP contribution is -2.67. The van der Waals surface area contributed by atoms with Gasteiger partial charge in [-0.2, -0.15) is 0 Å². The number of hydrogen-bond acceptors (Lipinski definition) is 6. The molecule has 0 radical (unpaired) electrons. The Bertz CT molecular complexity index is 940. The lowest BCUT2D eigenvalue weighted by atomic mass is 9.60. The quantitative estimate of drug-likeness (QED) is 0.828.